The van der Waals surface area contributed by atoms with Crippen LogP contribution >= 0.6 is 7.92 Å². The molecule has 6 rings (SSSR count). The summed E-state index contributed by atoms with van der Waals surface area (Å²) in [5, 5.41) is 17.1. The molecular weight excluding hydrogens is 623 g/mol. The molecule has 0 aliphatic rings. The van der Waals surface area contributed by atoms with Crippen molar-refractivity contribution in [2.24, 2.45) is 0 Å². The Hall–Kier alpha value is -5.23. The number of non-ortho nitro benzene ring substituents is 1. The lowest BCUT2D eigenvalue weighted by Gasteiger charge is -2.29. The molecule has 0 radical (unpaired) electrons. The molecule has 0 saturated heterocycles. The lowest BCUT2D eigenvalue weighted by Crippen LogP contribution is -2.37. The second kappa shape index (κ2) is 14.9. The van der Waals surface area contributed by atoms with Gasteiger partial charge in [0.05, 0.1) is 27.0 Å². The molecule has 3 unspecified atom stereocenters. The average Bonchev–Trinajstić information content (AvgIpc) is 3.13. The molecule has 1 amide bonds. The second-order valence-corrected chi connectivity index (χ2v) is 14.5. The van der Waals surface area contributed by atoms with Gasteiger partial charge in [0.1, 0.15) is 0 Å². The van der Waals surface area contributed by atoms with E-state index in [4.69, 9.17) is 0 Å². The monoisotopic (exact) mass is 654 g/mol. The van der Waals surface area contributed by atoms with Gasteiger partial charge in [-0.25, -0.2) is 0 Å². The summed E-state index contributed by atoms with van der Waals surface area (Å²) in [7, 11) is -2.77. The number of rotatable bonds is 11. The Bertz CT molecular complexity index is 1940. The number of nitrogens with one attached hydrogen (secondary N) is 1. The summed E-state index contributed by atoms with van der Waals surface area (Å²) < 4.78 is 14.5. The van der Waals surface area contributed by atoms with Crippen molar-refractivity contribution in [3.8, 4) is 0 Å². The highest BCUT2D eigenvalue weighted by Gasteiger charge is 2.34. The van der Waals surface area contributed by atoms with E-state index in [-0.39, 0.29) is 11.6 Å². The molecule has 8 heteroatoms. The predicted octanol–water partition coefficient (Wildman–Crippen LogP) is 7.37. The van der Waals surface area contributed by atoms with Gasteiger partial charge in [-0.3, -0.25) is 19.1 Å². The van der Waals surface area contributed by atoms with E-state index < -0.39 is 34.9 Å². The summed E-state index contributed by atoms with van der Waals surface area (Å²) in [6, 6.07) is 52.1. The van der Waals surface area contributed by atoms with E-state index in [1.54, 1.807) is 0 Å². The van der Waals surface area contributed by atoms with Crippen LogP contribution in [0.1, 0.15) is 32.8 Å². The molecule has 0 fully saturated rings. The van der Waals surface area contributed by atoms with Crippen molar-refractivity contribution in [2.75, 3.05) is 0 Å². The van der Waals surface area contributed by atoms with Crippen LogP contribution in [0.25, 0.3) is 0 Å². The van der Waals surface area contributed by atoms with Gasteiger partial charge in [0.2, 0.25) is 0 Å². The molecule has 0 bridgehead atoms. The minimum Gasteiger partial charge on any atom is -0.344 e. The molecule has 0 heterocycles. The van der Waals surface area contributed by atoms with Gasteiger partial charge in [0.15, 0.2) is 0 Å². The SMILES string of the molecule is O=C(NC(c1ccccc1)C(c1ccccc1)S(=O)c1ccc([N+](=O)[O-])cc1)c1ccccc1P(c1ccccc1)c1ccccc1. The zero-order valence-electron chi connectivity index (χ0n) is 25.3. The van der Waals surface area contributed by atoms with Crippen LogP contribution in [0.2, 0.25) is 0 Å². The van der Waals surface area contributed by atoms with Crippen molar-refractivity contribution in [1.82, 2.24) is 5.32 Å². The molecule has 6 aromatic carbocycles. The molecule has 47 heavy (non-hydrogen) atoms. The van der Waals surface area contributed by atoms with Gasteiger partial charge in [-0.05, 0) is 53.2 Å². The number of carbonyl (C=O) groups is 1. The Labute approximate surface area is 277 Å². The Morgan fingerprint density at radius 3 is 1.62 bits per heavy atom. The van der Waals surface area contributed by atoms with E-state index >= 15 is 0 Å². The topological polar surface area (TPSA) is 89.3 Å². The Morgan fingerprint density at radius 1 is 0.617 bits per heavy atom. The summed E-state index contributed by atoms with van der Waals surface area (Å²) >= 11 is 0. The van der Waals surface area contributed by atoms with Crippen LogP contribution in [0.4, 0.5) is 5.69 Å². The predicted molar refractivity (Wildman–Crippen MR) is 190 cm³/mol. The third-order valence-corrected chi connectivity index (χ3v) is 12.0. The summed E-state index contributed by atoms with van der Waals surface area (Å²) in [5.41, 5.74) is 2.01. The zero-order valence-corrected chi connectivity index (χ0v) is 27.0. The Kier molecular flexibility index (Phi) is 10.1. The summed E-state index contributed by atoms with van der Waals surface area (Å²) in [4.78, 5) is 25.8. The molecule has 0 saturated carbocycles. The van der Waals surface area contributed by atoms with Crippen molar-refractivity contribution >= 4 is 46.2 Å². The highest BCUT2D eigenvalue weighted by molar-refractivity contribution is 7.85. The quantitative estimate of drug-likeness (QED) is 0.0898. The maximum atomic E-state index is 14.6. The molecule has 0 aliphatic carbocycles. The van der Waals surface area contributed by atoms with E-state index in [0.29, 0.717) is 10.5 Å². The first-order valence-electron chi connectivity index (χ1n) is 15.1. The maximum absolute atomic E-state index is 14.6. The van der Waals surface area contributed by atoms with Crippen LogP contribution in [0.5, 0.6) is 0 Å². The van der Waals surface area contributed by atoms with Crippen LogP contribution in [-0.2, 0) is 10.8 Å². The van der Waals surface area contributed by atoms with E-state index in [9.17, 15) is 19.1 Å². The van der Waals surface area contributed by atoms with Gasteiger partial charge in [0, 0.05) is 22.6 Å². The van der Waals surface area contributed by atoms with E-state index in [1.807, 2.05) is 121 Å². The van der Waals surface area contributed by atoms with Gasteiger partial charge in [0.25, 0.3) is 11.6 Å². The number of benzene rings is 6. The number of nitro groups is 1. The largest absolute Gasteiger partial charge is 0.344 e. The number of carbonyl (C=O) groups excluding carboxylic acids is 1. The molecule has 3 atom stereocenters. The van der Waals surface area contributed by atoms with Gasteiger partial charge in [-0.1, -0.05) is 140 Å². The van der Waals surface area contributed by atoms with Gasteiger partial charge < -0.3 is 5.32 Å². The normalized spacial score (nSPS) is 13.0. The van der Waals surface area contributed by atoms with Crippen LogP contribution in [0.15, 0.2) is 175 Å². The number of amides is 1. The fraction of sp³-hybridized carbons (Fsp3) is 0.0513. The zero-order chi connectivity index (χ0) is 32.6. The number of nitrogens with zero attached hydrogens (tertiary/aromatic N) is 1. The van der Waals surface area contributed by atoms with Crippen LogP contribution in [0.3, 0.4) is 0 Å². The lowest BCUT2D eigenvalue weighted by atomic mass is 9.97. The standard InChI is InChI=1S/C39H31N2O4PS/c42-39(35-23-13-14-24-36(35)46(32-19-9-3-10-20-32)33-21-11-4-12-22-33)40-37(29-15-5-1-6-16-29)38(30-17-7-2-8-18-30)47(45)34-27-25-31(26-28-34)41(43)44/h1-28,37-38H,(H,40,42). The number of nitro benzene ring substituents is 1. The average molecular weight is 655 g/mol. The van der Waals surface area contributed by atoms with Crippen LogP contribution in [-0.4, -0.2) is 15.0 Å². The molecule has 6 nitrogen and oxygen atoms in total. The minimum atomic E-state index is -1.70. The number of hydrogen-bond acceptors (Lipinski definition) is 4. The van der Waals surface area contributed by atoms with Crippen molar-refractivity contribution in [3.05, 3.63) is 197 Å². The first-order chi connectivity index (χ1) is 23.0. The van der Waals surface area contributed by atoms with Crippen LogP contribution in [0, 0.1) is 10.1 Å². The molecule has 0 spiro atoms. The summed E-state index contributed by atoms with van der Waals surface area (Å²) in [5.74, 6) is -0.282. The fourth-order valence-corrected chi connectivity index (χ4v) is 9.61. The molecule has 1 N–H and O–H groups in total. The van der Waals surface area contributed by atoms with E-state index in [0.717, 1.165) is 27.0 Å². The Morgan fingerprint density at radius 2 is 1.09 bits per heavy atom. The Balaban J connectivity index is 1.45. The smallest absolute Gasteiger partial charge is 0.269 e. The maximum Gasteiger partial charge on any atom is 0.269 e. The highest BCUT2D eigenvalue weighted by Crippen LogP contribution is 2.38. The van der Waals surface area contributed by atoms with E-state index in [1.165, 1.54) is 24.3 Å². The van der Waals surface area contributed by atoms with Crippen molar-refractivity contribution in [3.63, 3.8) is 0 Å². The third-order valence-electron chi connectivity index (χ3n) is 7.80. The van der Waals surface area contributed by atoms with Crippen LogP contribution < -0.4 is 21.2 Å². The molecule has 6 aromatic rings. The molecule has 0 aliphatic heterocycles. The summed E-state index contributed by atoms with van der Waals surface area (Å²) in [6.45, 7) is 0. The van der Waals surface area contributed by atoms with E-state index in [2.05, 4.69) is 29.6 Å². The first kappa shape index (κ1) is 31.7. The second-order valence-electron chi connectivity index (χ2n) is 10.8. The first-order valence-corrected chi connectivity index (χ1v) is 17.6. The molecule has 232 valence electrons. The molecule has 0 aromatic heterocycles. The minimum absolute atomic E-state index is 0.0835. The van der Waals surface area contributed by atoms with Crippen molar-refractivity contribution < 1.29 is 13.9 Å². The lowest BCUT2D eigenvalue weighted by molar-refractivity contribution is -0.384. The third kappa shape index (κ3) is 7.28. The van der Waals surface area contributed by atoms with Gasteiger partial charge in [-0.2, -0.15) is 0 Å². The number of hydrogen-bond donors (Lipinski definition) is 1. The summed E-state index contributed by atoms with van der Waals surface area (Å²) in [6.07, 6.45) is 0. The van der Waals surface area contributed by atoms with Crippen molar-refractivity contribution in [1.29, 1.82) is 0 Å². The fourth-order valence-electron chi connectivity index (χ4n) is 5.59. The van der Waals surface area contributed by atoms with Gasteiger partial charge >= 0.3 is 0 Å². The molecular formula is C39H31N2O4PS. The van der Waals surface area contributed by atoms with Crippen molar-refractivity contribution in [2.45, 2.75) is 16.2 Å². The van der Waals surface area contributed by atoms with Gasteiger partial charge in [-0.15, -0.1) is 0 Å². The highest BCUT2D eigenvalue weighted by atomic mass is 32.2.